The Morgan fingerprint density at radius 3 is 2.02 bits per heavy atom. The zero-order valence-corrected chi connectivity index (χ0v) is 31.8. The first-order valence-corrected chi connectivity index (χ1v) is 17.3. The number of benzene rings is 6. The number of imidazole rings is 1. The average Bonchev–Trinajstić information content (AvgIpc) is 3.80. The number of hydrogen-bond donors (Lipinski definition) is 0. The van der Waals surface area contributed by atoms with E-state index in [1.165, 1.54) is 5.56 Å². The van der Waals surface area contributed by atoms with E-state index in [0.29, 0.717) is 0 Å². The van der Waals surface area contributed by atoms with E-state index >= 15 is 0 Å². The quantitative estimate of drug-likeness (QED) is 0.156. The molecule has 5 heteroatoms. The minimum Gasteiger partial charge on any atom is -0.557 e. The molecule has 0 fully saturated rings. The number of aromatic nitrogens is 3. The summed E-state index contributed by atoms with van der Waals surface area (Å²) in [7, 11) is 0. The predicted octanol–water partition coefficient (Wildman–Crippen LogP) is 12.5. The Kier molecular flexibility index (Phi) is 10.4. The Balaban J connectivity index is 0.000000284. The Hall–Kier alpha value is -6.13. The molecule has 0 N–H and O–H groups in total. The second-order valence-electron chi connectivity index (χ2n) is 12.8. The first-order chi connectivity index (χ1) is 25.5. The molecule has 6 aromatic carbocycles. The van der Waals surface area contributed by atoms with Crippen LogP contribution in [0.15, 0.2) is 175 Å². The zero-order chi connectivity index (χ0) is 35.4. The van der Waals surface area contributed by atoms with Crippen molar-refractivity contribution in [3.05, 3.63) is 194 Å². The molecule has 53 heavy (non-hydrogen) atoms. The fraction of sp³-hybridized carbons (Fsp3) is 0.0417. The van der Waals surface area contributed by atoms with Gasteiger partial charge in [0, 0.05) is 49.3 Å². The first kappa shape index (κ1) is 35.3. The second-order valence-corrected chi connectivity index (χ2v) is 12.8. The van der Waals surface area contributed by atoms with Gasteiger partial charge in [0.05, 0.1) is 22.5 Å². The van der Waals surface area contributed by atoms with Crippen molar-refractivity contribution in [1.29, 1.82) is 0 Å². The summed E-state index contributed by atoms with van der Waals surface area (Å²) in [6.07, 6.45) is 5.00. The third-order valence-electron chi connectivity index (χ3n) is 9.09. The maximum atomic E-state index is 5.97. The molecule has 0 unspecified atom stereocenters. The zero-order valence-electron chi connectivity index (χ0n) is 29.4. The van der Waals surface area contributed by atoms with Gasteiger partial charge in [0.15, 0.2) is 0 Å². The molecule has 0 spiro atoms. The van der Waals surface area contributed by atoms with Crippen molar-refractivity contribution in [2.24, 2.45) is 0 Å². The molecule has 3 aromatic heterocycles. The van der Waals surface area contributed by atoms with E-state index in [-0.39, 0.29) is 20.1 Å². The molecule has 0 bridgehead atoms. The van der Waals surface area contributed by atoms with E-state index in [2.05, 4.69) is 132 Å². The van der Waals surface area contributed by atoms with Gasteiger partial charge in [-0.05, 0) is 72.1 Å². The maximum absolute atomic E-state index is 5.97. The Labute approximate surface area is 323 Å². The van der Waals surface area contributed by atoms with Gasteiger partial charge in [-0.15, -0.1) is 35.9 Å². The second kappa shape index (κ2) is 15.6. The van der Waals surface area contributed by atoms with Gasteiger partial charge in [-0.1, -0.05) is 126 Å². The molecule has 0 atom stereocenters. The molecule has 259 valence electrons. The summed E-state index contributed by atoms with van der Waals surface area (Å²) in [4.78, 5) is 9.42. The molecule has 0 aliphatic rings. The van der Waals surface area contributed by atoms with Crippen molar-refractivity contribution in [3.63, 3.8) is 0 Å². The maximum Gasteiger partial charge on any atom is 0.0774 e. The summed E-state index contributed by atoms with van der Waals surface area (Å²) in [5.74, 6) is 0.789. The van der Waals surface area contributed by atoms with E-state index in [0.717, 1.165) is 83.7 Å². The topological polar surface area (TPSA) is 43.9 Å². The van der Waals surface area contributed by atoms with Crippen LogP contribution in [0.25, 0.3) is 78.2 Å². The number of aryl methyl sites for hydroxylation is 1. The third kappa shape index (κ3) is 7.18. The molecule has 4 nitrogen and oxygen atoms in total. The normalized spacial score (nSPS) is 10.8. The van der Waals surface area contributed by atoms with Crippen LogP contribution in [0.1, 0.15) is 18.1 Å². The van der Waals surface area contributed by atoms with Crippen LogP contribution in [0.2, 0.25) is 0 Å². The van der Waals surface area contributed by atoms with Crippen LogP contribution < -0.4 is 0 Å². The van der Waals surface area contributed by atoms with E-state index in [1.54, 1.807) is 6.20 Å². The molecule has 0 aliphatic carbocycles. The fourth-order valence-electron chi connectivity index (χ4n) is 6.60. The van der Waals surface area contributed by atoms with Gasteiger partial charge in [-0.3, -0.25) is 4.98 Å². The molecule has 0 amide bonds. The van der Waals surface area contributed by atoms with E-state index in [9.17, 15) is 0 Å². The van der Waals surface area contributed by atoms with Gasteiger partial charge in [0.25, 0.3) is 0 Å². The van der Waals surface area contributed by atoms with E-state index in [4.69, 9.17) is 9.40 Å². The number of allylic oxidation sites excluding steroid dienone is 1. The standard InChI is InChI=1S/C37H27N2O.C11H8N.Ir/c1-24(2)28-18-19-35-31(22-28)32(23-40-35)37-38-33-16-10-11-17-34(33)39(37)36-29(26-12-6-4-7-13-26)20-25(3)21-30(36)27-14-8-5-9-15-27;1-2-6-10(7-3-1)11-8-4-5-9-12-11;/h4-22H,1H2,2-3H3;1-6,8-9H;/q2*-1;. The van der Waals surface area contributed by atoms with Crippen LogP contribution in [0.3, 0.4) is 0 Å². The first-order valence-electron chi connectivity index (χ1n) is 17.3. The summed E-state index contributed by atoms with van der Waals surface area (Å²) in [6, 6.07) is 57.0. The van der Waals surface area contributed by atoms with Crippen molar-refractivity contribution in [2.75, 3.05) is 0 Å². The Bertz CT molecular complexity index is 2550. The number of rotatable bonds is 6. The minimum absolute atomic E-state index is 0. The summed E-state index contributed by atoms with van der Waals surface area (Å²) < 4.78 is 8.25. The van der Waals surface area contributed by atoms with Crippen LogP contribution in [0, 0.1) is 19.3 Å². The van der Waals surface area contributed by atoms with Gasteiger partial charge in [-0.2, -0.15) is 0 Å². The average molecular weight is 862 g/mol. The van der Waals surface area contributed by atoms with Crippen molar-refractivity contribution in [1.82, 2.24) is 14.5 Å². The third-order valence-corrected chi connectivity index (χ3v) is 9.09. The molecule has 1 radical (unpaired) electrons. The van der Waals surface area contributed by atoms with Crippen LogP contribution >= 0.6 is 0 Å². The molecule has 3 heterocycles. The number of hydrogen-bond acceptors (Lipinski definition) is 3. The smallest absolute Gasteiger partial charge is 0.0774 e. The van der Waals surface area contributed by atoms with Crippen LogP contribution in [0.4, 0.5) is 0 Å². The monoisotopic (exact) mass is 862 g/mol. The van der Waals surface area contributed by atoms with Crippen LogP contribution in [0.5, 0.6) is 0 Å². The SMILES string of the molecule is C=C(C)c1ccc2o[c-]c(-c3nc4ccccc4n3-c3c(-c4ccccc4)cc(C)cc3-c3ccccc3)c2c1.[Ir].[c-]1ccccc1-c1ccccn1. The van der Waals surface area contributed by atoms with Gasteiger partial charge >= 0.3 is 0 Å². The van der Waals surface area contributed by atoms with Gasteiger partial charge in [0.2, 0.25) is 0 Å². The number of furan rings is 1. The summed E-state index contributed by atoms with van der Waals surface area (Å²) in [6.45, 7) is 8.33. The van der Waals surface area contributed by atoms with Crippen molar-refractivity contribution < 1.29 is 24.5 Å². The molecule has 9 aromatic rings. The van der Waals surface area contributed by atoms with Crippen molar-refractivity contribution in [3.8, 4) is 50.6 Å². The van der Waals surface area contributed by atoms with Gasteiger partial charge in [0.1, 0.15) is 0 Å². The van der Waals surface area contributed by atoms with E-state index in [1.807, 2.05) is 67.6 Å². The molecule has 0 saturated heterocycles. The van der Waals surface area contributed by atoms with Gasteiger partial charge in [-0.25, -0.2) is 0 Å². The fourth-order valence-corrected chi connectivity index (χ4v) is 6.60. The van der Waals surface area contributed by atoms with Crippen LogP contribution in [-0.2, 0) is 20.1 Å². The number of fused-ring (bicyclic) bond motifs is 2. The predicted molar refractivity (Wildman–Crippen MR) is 214 cm³/mol. The Morgan fingerprint density at radius 2 is 1.38 bits per heavy atom. The summed E-state index contributed by atoms with van der Waals surface area (Å²) >= 11 is 0. The molecular formula is C48H35IrN3O-2. The molecule has 0 aliphatic heterocycles. The Morgan fingerprint density at radius 1 is 0.717 bits per heavy atom. The molecular weight excluding hydrogens is 827 g/mol. The van der Waals surface area contributed by atoms with Crippen molar-refractivity contribution in [2.45, 2.75) is 13.8 Å². The largest absolute Gasteiger partial charge is 0.557 e. The summed E-state index contributed by atoms with van der Waals surface area (Å²) in [5, 5.41) is 0.965. The number of nitrogens with zero attached hydrogens (tertiary/aromatic N) is 3. The van der Waals surface area contributed by atoms with E-state index < -0.39 is 0 Å². The van der Waals surface area contributed by atoms with Crippen LogP contribution in [-0.4, -0.2) is 14.5 Å². The van der Waals surface area contributed by atoms with Gasteiger partial charge < -0.3 is 14.0 Å². The number of pyridine rings is 1. The number of para-hydroxylation sites is 2. The summed E-state index contributed by atoms with van der Waals surface area (Å²) in [5.41, 5.74) is 14.4. The van der Waals surface area contributed by atoms with Crippen molar-refractivity contribution >= 4 is 27.6 Å². The minimum atomic E-state index is 0. The molecule has 0 saturated carbocycles. The molecule has 9 rings (SSSR count).